The molecule has 158 valence electrons. The van der Waals surface area contributed by atoms with Crippen molar-refractivity contribution in [1.82, 2.24) is 10.6 Å². The SMILES string of the molecule is CCNC(=NCCc1ccc(F)cc1F)NC1CCC(C(=O)OCC)CC1.I. The van der Waals surface area contributed by atoms with Crippen LogP contribution in [0.4, 0.5) is 8.78 Å². The van der Waals surface area contributed by atoms with Gasteiger partial charge in [-0.15, -0.1) is 24.0 Å². The number of benzene rings is 1. The van der Waals surface area contributed by atoms with E-state index in [0.29, 0.717) is 31.1 Å². The standard InChI is InChI=1S/C20H29F2N3O2.HI/c1-3-23-20(24-12-11-14-5-8-16(21)13-18(14)22)25-17-9-6-15(7-10-17)19(26)27-4-2;/h5,8,13,15,17H,3-4,6-7,9-12H2,1-2H3,(H2,23,24,25);1H. The van der Waals surface area contributed by atoms with Gasteiger partial charge in [-0.25, -0.2) is 8.78 Å². The number of nitrogens with zero attached hydrogens (tertiary/aromatic N) is 1. The summed E-state index contributed by atoms with van der Waals surface area (Å²) >= 11 is 0. The van der Waals surface area contributed by atoms with Crippen LogP contribution in [0.1, 0.15) is 45.1 Å². The summed E-state index contributed by atoms with van der Waals surface area (Å²) in [6.45, 7) is 5.34. The van der Waals surface area contributed by atoms with E-state index in [-0.39, 0.29) is 41.9 Å². The van der Waals surface area contributed by atoms with Gasteiger partial charge in [-0.3, -0.25) is 9.79 Å². The average Bonchev–Trinajstić information content (AvgIpc) is 2.64. The Hall–Kier alpha value is -1.45. The lowest BCUT2D eigenvalue weighted by Gasteiger charge is -2.29. The molecule has 0 unspecified atom stereocenters. The molecule has 1 aromatic rings. The van der Waals surface area contributed by atoms with Crippen LogP contribution in [0, 0.1) is 17.6 Å². The van der Waals surface area contributed by atoms with Gasteiger partial charge in [0.2, 0.25) is 0 Å². The molecule has 1 aromatic carbocycles. The predicted octanol–water partition coefficient (Wildman–Crippen LogP) is 3.80. The molecule has 0 bridgehead atoms. The molecule has 1 aliphatic rings. The van der Waals surface area contributed by atoms with Gasteiger partial charge in [-0.1, -0.05) is 6.07 Å². The predicted molar refractivity (Wildman–Crippen MR) is 117 cm³/mol. The normalized spacial score (nSPS) is 19.5. The molecule has 1 aliphatic carbocycles. The minimum absolute atomic E-state index is 0. The van der Waals surface area contributed by atoms with E-state index < -0.39 is 11.6 Å². The van der Waals surface area contributed by atoms with E-state index in [0.717, 1.165) is 38.3 Å². The van der Waals surface area contributed by atoms with E-state index in [9.17, 15) is 13.6 Å². The van der Waals surface area contributed by atoms with Crippen LogP contribution in [0.3, 0.4) is 0 Å². The van der Waals surface area contributed by atoms with Crippen LogP contribution in [0.5, 0.6) is 0 Å². The maximum Gasteiger partial charge on any atom is 0.308 e. The molecule has 0 spiro atoms. The number of guanidine groups is 1. The van der Waals surface area contributed by atoms with Gasteiger partial charge < -0.3 is 15.4 Å². The number of halogens is 3. The van der Waals surface area contributed by atoms with Crippen LogP contribution in [-0.2, 0) is 16.0 Å². The molecule has 0 radical (unpaired) electrons. The summed E-state index contributed by atoms with van der Waals surface area (Å²) in [7, 11) is 0. The average molecular weight is 509 g/mol. The lowest BCUT2D eigenvalue weighted by Crippen LogP contribution is -2.45. The number of hydrogen-bond donors (Lipinski definition) is 2. The van der Waals surface area contributed by atoms with E-state index in [2.05, 4.69) is 15.6 Å². The zero-order valence-corrected chi connectivity index (χ0v) is 18.8. The highest BCUT2D eigenvalue weighted by molar-refractivity contribution is 14.0. The van der Waals surface area contributed by atoms with Crippen molar-refractivity contribution in [3.8, 4) is 0 Å². The molecule has 5 nitrogen and oxygen atoms in total. The van der Waals surface area contributed by atoms with Crippen molar-refractivity contribution >= 4 is 35.9 Å². The molecule has 0 aliphatic heterocycles. The van der Waals surface area contributed by atoms with Crippen LogP contribution in [0.25, 0.3) is 0 Å². The number of carbonyl (C=O) groups excluding carboxylic acids is 1. The Morgan fingerprint density at radius 2 is 1.93 bits per heavy atom. The van der Waals surface area contributed by atoms with Crippen molar-refractivity contribution in [2.75, 3.05) is 19.7 Å². The van der Waals surface area contributed by atoms with Gasteiger partial charge in [0, 0.05) is 25.2 Å². The Bertz CT molecular complexity index is 650. The number of hydrogen-bond acceptors (Lipinski definition) is 3. The summed E-state index contributed by atoms with van der Waals surface area (Å²) in [5.41, 5.74) is 0.450. The first kappa shape index (κ1) is 24.6. The van der Waals surface area contributed by atoms with E-state index >= 15 is 0 Å². The number of carbonyl (C=O) groups is 1. The number of aliphatic imine (C=N–C) groups is 1. The second kappa shape index (κ2) is 12.9. The Balaban J connectivity index is 0.00000392. The summed E-state index contributed by atoms with van der Waals surface area (Å²) < 4.78 is 31.8. The van der Waals surface area contributed by atoms with Gasteiger partial charge in [-0.2, -0.15) is 0 Å². The largest absolute Gasteiger partial charge is 0.466 e. The summed E-state index contributed by atoms with van der Waals surface area (Å²) in [4.78, 5) is 16.3. The fourth-order valence-corrected chi connectivity index (χ4v) is 3.26. The monoisotopic (exact) mass is 509 g/mol. The molecule has 0 aromatic heterocycles. The maximum atomic E-state index is 13.7. The van der Waals surface area contributed by atoms with Crippen molar-refractivity contribution in [3.05, 3.63) is 35.4 Å². The summed E-state index contributed by atoms with van der Waals surface area (Å²) in [5, 5.41) is 6.58. The fraction of sp³-hybridized carbons (Fsp3) is 0.600. The number of ether oxygens (including phenoxy) is 1. The zero-order chi connectivity index (χ0) is 19.6. The fourth-order valence-electron chi connectivity index (χ4n) is 3.26. The minimum atomic E-state index is -0.576. The number of nitrogens with one attached hydrogen (secondary N) is 2. The molecule has 1 saturated carbocycles. The second-order valence-electron chi connectivity index (χ2n) is 6.69. The molecule has 0 saturated heterocycles. The van der Waals surface area contributed by atoms with Gasteiger partial charge in [-0.05, 0) is 57.6 Å². The van der Waals surface area contributed by atoms with Gasteiger partial charge >= 0.3 is 5.97 Å². The molecular formula is C20H30F2IN3O2. The van der Waals surface area contributed by atoms with Crippen LogP contribution in [0.2, 0.25) is 0 Å². The molecule has 0 heterocycles. The van der Waals surface area contributed by atoms with Crippen LogP contribution in [-0.4, -0.2) is 37.7 Å². The molecule has 28 heavy (non-hydrogen) atoms. The highest BCUT2D eigenvalue weighted by Crippen LogP contribution is 2.25. The first-order chi connectivity index (χ1) is 13.0. The van der Waals surface area contributed by atoms with Crippen LogP contribution >= 0.6 is 24.0 Å². The summed E-state index contributed by atoms with van der Waals surface area (Å²) in [6, 6.07) is 3.85. The van der Waals surface area contributed by atoms with Gasteiger partial charge in [0.1, 0.15) is 11.6 Å². The smallest absolute Gasteiger partial charge is 0.308 e. The van der Waals surface area contributed by atoms with Crippen LogP contribution in [0.15, 0.2) is 23.2 Å². The third kappa shape index (κ3) is 7.89. The molecule has 0 atom stereocenters. The highest BCUT2D eigenvalue weighted by atomic mass is 127. The number of rotatable bonds is 7. The maximum absolute atomic E-state index is 13.7. The Labute approximate surface area is 182 Å². The lowest BCUT2D eigenvalue weighted by molar-refractivity contribution is -0.149. The van der Waals surface area contributed by atoms with E-state index in [4.69, 9.17) is 4.74 Å². The van der Waals surface area contributed by atoms with Crippen molar-refractivity contribution in [2.45, 2.75) is 52.0 Å². The van der Waals surface area contributed by atoms with Gasteiger partial charge in [0.25, 0.3) is 0 Å². The molecule has 1 fully saturated rings. The quantitative estimate of drug-likeness (QED) is 0.254. The van der Waals surface area contributed by atoms with Crippen molar-refractivity contribution < 1.29 is 18.3 Å². The summed E-state index contributed by atoms with van der Waals surface area (Å²) in [5.74, 6) is -0.546. The van der Waals surface area contributed by atoms with E-state index in [1.165, 1.54) is 12.1 Å². The first-order valence-electron chi connectivity index (χ1n) is 9.68. The lowest BCUT2D eigenvalue weighted by atomic mass is 9.86. The minimum Gasteiger partial charge on any atom is -0.466 e. The molecule has 2 rings (SSSR count). The molecular weight excluding hydrogens is 479 g/mol. The highest BCUT2D eigenvalue weighted by Gasteiger charge is 2.27. The van der Waals surface area contributed by atoms with Crippen LogP contribution < -0.4 is 10.6 Å². The van der Waals surface area contributed by atoms with Crippen molar-refractivity contribution in [1.29, 1.82) is 0 Å². The van der Waals surface area contributed by atoms with Gasteiger partial charge in [0.05, 0.1) is 12.5 Å². The molecule has 8 heteroatoms. The Kier molecular flexibility index (Phi) is 11.3. The third-order valence-corrected chi connectivity index (χ3v) is 4.70. The second-order valence-corrected chi connectivity index (χ2v) is 6.69. The van der Waals surface area contributed by atoms with Gasteiger partial charge in [0.15, 0.2) is 5.96 Å². The topological polar surface area (TPSA) is 62.7 Å². The van der Waals surface area contributed by atoms with E-state index in [1.54, 1.807) is 0 Å². The Morgan fingerprint density at radius 3 is 2.54 bits per heavy atom. The van der Waals surface area contributed by atoms with Crippen molar-refractivity contribution in [2.24, 2.45) is 10.9 Å². The zero-order valence-electron chi connectivity index (χ0n) is 16.5. The van der Waals surface area contributed by atoms with Crippen molar-refractivity contribution in [3.63, 3.8) is 0 Å². The van der Waals surface area contributed by atoms with E-state index in [1.807, 2.05) is 13.8 Å². The molecule has 0 amide bonds. The first-order valence-corrected chi connectivity index (χ1v) is 9.68. The number of esters is 1. The Morgan fingerprint density at radius 1 is 1.21 bits per heavy atom. The summed E-state index contributed by atoms with van der Waals surface area (Å²) in [6.07, 6.45) is 3.76. The molecule has 2 N–H and O–H groups in total. The third-order valence-electron chi connectivity index (χ3n) is 4.70.